The molecule has 0 aromatic heterocycles. The van der Waals surface area contributed by atoms with E-state index in [1.807, 2.05) is 14.0 Å². The number of rotatable bonds is 4. The van der Waals surface area contributed by atoms with Gasteiger partial charge in [-0.25, -0.2) is 4.39 Å². The van der Waals surface area contributed by atoms with Crippen LogP contribution >= 0.6 is 0 Å². The summed E-state index contributed by atoms with van der Waals surface area (Å²) in [5.41, 5.74) is 0.594. The van der Waals surface area contributed by atoms with Crippen molar-refractivity contribution in [1.82, 2.24) is 4.90 Å². The number of halogens is 1. The standard InChI is InChI=1S/C16H22FNO/c1-12(18(2)15-6-4-3-5-7-15)16(19)13-8-10-14(17)11-9-13/h8-12,15H,3-7H2,1-2H3. The Bertz CT molecular complexity index is 423. The highest BCUT2D eigenvalue weighted by Gasteiger charge is 2.26. The summed E-state index contributed by atoms with van der Waals surface area (Å²) >= 11 is 0. The van der Waals surface area contributed by atoms with Gasteiger partial charge in [0, 0.05) is 11.6 Å². The summed E-state index contributed by atoms with van der Waals surface area (Å²) in [7, 11) is 2.03. The van der Waals surface area contributed by atoms with Gasteiger partial charge in [0.1, 0.15) is 5.82 Å². The van der Waals surface area contributed by atoms with Gasteiger partial charge >= 0.3 is 0 Å². The Morgan fingerprint density at radius 1 is 1.21 bits per heavy atom. The lowest BCUT2D eigenvalue weighted by Gasteiger charge is -2.34. The minimum absolute atomic E-state index is 0.0769. The van der Waals surface area contributed by atoms with E-state index in [0.717, 1.165) is 0 Å². The van der Waals surface area contributed by atoms with Gasteiger partial charge in [0.25, 0.3) is 0 Å². The molecule has 19 heavy (non-hydrogen) atoms. The molecule has 1 aliphatic carbocycles. The maximum absolute atomic E-state index is 12.9. The second-order valence-corrected chi connectivity index (χ2v) is 5.50. The molecule has 1 aromatic rings. The van der Waals surface area contributed by atoms with Crippen LogP contribution in [0.3, 0.4) is 0 Å². The van der Waals surface area contributed by atoms with Crippen molar-refractivity contribution in [1.29, 1.82) is 0 Å². The molecule has 2 nitrogen and oxygen atoms in total. The minimum atomic E-state index is -0.301. The van der Waals surface area contributed by atoms with Crippen LogP contribution in [0.2, 0.25) is 0 Å². The van der Waals surface area contributed by atoms with E-state index < -0.39 is 0 Å². The predicted molar refractivity (Wildman–Crippen MR) is 74.8 cm³/mol. The van der Waals surface area contributed by atoms with Crippen molar-refractivity contribution in [2.75, 3.05) is 7.05 Å². The molecule has 1 aromatic carbocycles. The van der Waals surface area contributed by atoms with Gasteiger partial charge in [0.05, 0.1) is 6.04 Å². The largest absolute Gasteiger partial charge is 0.294 e. The second kappa shape index (κ2) is 6.29. The van der Waals surface area contributed by atoms with Crippen LogP contribution in [0.4, 0.5) is 4.39 Å². The van der Waals surface area contributed by atoms with Crippen LogP contribution in [-0.2, 0) is 0 Å². The molecule has 0 aliphatic heterocycles. The first-order valence-corrected chi connectivity index (χ1v) is 7.11. The molecule has 1 atom stereocenters. The maximum atomic E-state index is 12.9. The van der Waals surface area contributed by atoms with Crippen LogP contribution < -0.4 is 0 Å². The Kier molecular flexibility index (Phi) is 4.70. The Morgan fingerprint density at radius 2 is 1.79 bits per heavy atom. The van der Waals surface area contributed by atoms with Gasteiger partial charge in [-0.15, -0.1) is 0 Å². The Morgan fingerprint density at radius 3 is 2.37 bits per heavy atom. The van der Waals surface area contributed by atoms with Crippen molar-refractivity contribution in [3.8, 4) is 0 Å². The van der Waals surface area contributed by atoms with Crippen molar-refractivity contribution < 1.29 is 9.18 Å². The first-order valence-electron chi connectivity index (χ1n) is 7.11. The molecule has 0 spiro atoms. The third-order valence-electron chi connectivity index (χ3n) is 4.27. The molecule has 1 saturated carbocycles. The van der Waals surface area contributed by atoms with Gasteiger partial charge in [-0.1, -0.05) is 19.3 Å². The molecule has 3 heteroatoms. The Labute approximate surface area is 114 Å². The fraction of sp³-hybridized carbons (Fsp3) is 0.562. The van der Waals surface area contributed by atoms with Gasteiger partial charge < -0.3 is 0 Å². The van der Waals surface area contributed by atoms with Crippen LogP contribution in [0.25, 0.3) is 0 Å². The van der Waals surface area contributed by atoms with E-state index in [1.165, 1.54) is 44.2 Å². The highest BCUT2D eigenvalue weighted by molar-refractivity contribution is 5.99. The van der Waals surface area contributed by atoms with Crippen LogP contribution in [0.15, 0.2) is 24.3 Å². The van der Waals surface area contributed by atoms with E-state index in [0.29, 0.717) is 11.6 Å². The molecule has 0 saturated heterocycles. The molecular weight excluding hydrogens is 241 g/mol. The number of hydrogen-bond acceptors (Lipinski definition) is 2. The summed E-state index contributed by atoms with van der Waals surface area (Å²) < 4.78 is 12.9. The Balaban J connectivity index is 2.03. The van der Waals surface area contributed by atoms with Crippen molar-refractivity contribution >= 4 is 5.78 Å². The number of nitrogens with zero attached hydrogens (tertiary/aromatic N) is 1. The molecule has 0 amide bonds. The normalized spacial score (nSPS) is 18.5. The summed E-state index contributed by atoms with van der Waals surface area (Å²) in [6, 6.07) is 6.20. The summed E-state index contributed by atoms with van der Waals surface area (Å²) in [5.74, 6) is -0.224. The fourth-order valence-corrected chi connectivity index (χ4v) is 2.84. The number of Topliss-reactive ketones (excluding diaryl/α,β-unsaturated/α-hetero) is 1. The molecule has 0 N–H and O–H groups in total. The van der Waals surface area contributed by atoms with E-state index in [-0.39, 0.29) is 17.6 Å². The molecule has 104 valence electrons. The molecule has 1 unspecified atom stereocenters. The van der Waals surface area contributed by atoms with E-state index in [1.54, 1.807) is 12.1 Å². The number of ketones is 1. The van der Waals surface area contributed by atoms with Gasteiger partial charge in [-0.05, 0) is 51.1 Å². The molecule has 0 heterocycles. The zero-order valence-electron chi connectivity index (χ0n) is 11.7. The second-order valence-electron chi connectivity index (χ2n) is 5.50. The lowest BCUT2D eigenvalue weighted by Crippen LogP contribution is -2.43. The number of likely N-dealkylation sites (N-methyl/N-ethyl adjacent to an activating group) is 1. The van der Waals surface area contributed by atoms with Crippen LogP contribution in [-0.4, -0.2) is 29.8 Å². The lowest BCUT2D eigenvalue weighted by molar-refractivity contribution is 0.0778. The number of carbonyl (C=O) groups excluding carboxylic acids is 1. The fourth-order valence-electron chi connectivity index (χ4n) is 2.84. The average molecular weight is 263 g/mol. The predicted octanol–water partition coefficient (Wildman–Crippen LogP) is 3.66. The summed E-state index contributed by atoms with van der Waals surface area (Å²) in [6.45, 7) is 1.94. The van der Waals surface area contributed by atoms with Crippen LogP contribution in [0, 0.1) is 5.82 Å². The average Bonchev–Trinajstić information content (AvgIpc) is 2.46. The first kappa shape index (κ1) is 14.2. The molecule has 0 bridgehead atoms. The van der Waals surface area contributed by atoms with E-state index in [4.69, 9.17) is 0 Å². The number of carbonyl (C=O) groups is 1. The van der Waals surface area contributed by atoms with Crippen molar-refractivity contribution in [2.24, 2.45) is 0 Å². The van der Waals surface area contributed by atoms with Crippen LogP contribution in [0.1, 0.15) is 49.4 Å². The zero-order chi connectivity index (χ0) is 13.8. The van der Waals surface area contributed by atoms with E-state index in [9.17, 15) is 9.18 Å². The summed E-state index contributed by atoms with van der Waals surface area (Å²) in [5, 5.41) is 0. The third-order valence-corrected chi connectivity index (χ3v) is 4.27. The monoisotopic (exact) mass is 263 g/mol. The molecular formula is C16H22FNO. The molecule has 1 aliphatic rings. The van der Waals surface area contributed by atoms with E-state index in [2.05, 4.69) is 4.90 Å². The maximum Gasteiger partial charge on any atom is 0.179 e. The van der Waals surface area contributed by atoms with Gasteiger partial charge in [-0.2, -0.15) is 0 Å². The first-order chi connectivity index (χ1) is 9.09. The summed E-state index contributed by atoms with van der Waals surface area (Å²) in [4.78, 5) is 14.6. The molecule has 0 radical (unpaired) electrons. The number of benzene rings is 1. The van der Waals surface area contributed by atoms with Gasteiger partial charge in [-0.3, -0.25) is 9.69 Å². The lowest BCUT2D eigenvalue weighted by atomic mass is 9.92. The SMILES string of the molecule is CC(C(=O)c1ccc(F)cc1)N(C)C1CCCCC1. The highest BCUT2D eigenvalue weighted by Crippen LogP contribution is 2.24. The molecule has 1 fully saturated rings. The zero-order valence-corrected chi connectivity index (χ0v) is 11.7. The summed E-state index contributed by atoms with van der Waals surface area (Å²) in [6.07, 6.45) is 6.18. The highest BCUT2D eigenvalue weighted by atomic mass is 19.1. The van der Waals surface area contributed by atoms with Crippen molar-refractivity contribution in [2.45, 2.75) is 51.1 Å². The van der Waals surface area contributed by atoms with Crippen LogP contribution in [0.5, 0.6) is 0 Å². The van der Waals surface area contributed by atoms with E-state index >= 15 is 0 Å². The van der Waals surface area contributed by atoms with Crippen molar-refractivity contribution in [3.05, 3.63) is 35.6 Å². The van der Waals surface area contributed by atoms with Gasteiger partial charge in [0.2, 0.25) is 0 Å². The third kappa shape index (κ3) is 3.41. The Hall–Kier alpha value is -1.22. The van der Waals surface area contributed by atoms with Crippen molar-refractivity contribution in [3.63, 3.8) is 0 Å². The smallest absolute Gasteiger partial charge is 0.179 e. The van der Waals surface area contributed by atoms with Gasteiger partial charge in [0.15, 0.2) is 5.78 Å². The number of hydrogen-bond donors (Lipinski definition) is 0. The molecule has 2 rings (SSSR count). The minimum Gasteiger partial charge on any atom is -0.294 e. The topological polar surface area (TPSA) is 20.3 Å². The quantitative estimate of drug-likeness (QED) is 0.773.